The molecule has 3 heteroatoms. The summed E-state index contributed by atoms with van der Waals surface area (Å²) < 4.78 is 0. The third kappa shape index (κ3) is 1.38. The van der Waals surface area contributed by atoms with Crippen molar-refractivity contribution in [1.29, 1.82) is 5.26 Å². The number of Topliss-reactive ketones (excluding diaryl/α,β-unsaturated/α-hetero) is 2. The summed E-state index contributed by atoms with van der Waals surface area (Å²) in [6.07, 6.45) is 0.290. The summed E-state index contributed by atoms with van der Waals surface area (Å²) in [6, 6.07) is 1.96. The molecule has 1 saturated carbocycles. The normalized spacial score (nSPS) is 28.2. The zero-order valence-electron chi connectivity index (χ0n) is 7.26. The van der Waals surface area contributed by atoms with Crippen LogP contribution >= 0.6 is 0 Å². The maximum Gasteiger partial charge on any atom is 0.157 e. The molecule has 0 spiro atoms. The van der Waals surface area contributed by atoms with Crippen molar-refractivity contribution in [2.45, 2.75) is 26.7 Å². The SMILES string of the molecule is CC1(C)CC(=O)CC(=O)C1C#N. The van der Waals surface area contributed by atoms with Gasteiger partial charge in [-0.15, -0.1) is 0 Å². The second-order valence-electron chi connectivity index (χ2n) is 3.91. The summed E-state index contributed by atoms with van der Waals surface area (Å²) in [4.78, 5) is 22.2. The van der Waals surface area contributed by atoms with E-state index in [1.807, 2.05) is 6.07 Å². The monoisotopic (exact) mass is 165 g/mol. The van der Waals surface area contributed by atoms with Crippen molar-refractivity contribution in [2.75, 3.05) is 0 Å². The van der Waals surface area contributed by atoms with Gasteiger partial charge in [0.2, 0.25) is 0 Å². The maximum absolute atomic E-state index is 11.2. The Bertz CT molecular complexity index is 273. The highest BCUT2D eigenvalue weighted by molar-refractivity contribution is 6.04. The van der Waals surface area contributed by atoms with E-state index in [1.165, 1.54) is 0 Å². The third-order valence-corrected chi connectivity index (χ3v) is 2.26. The molecule has 3 nitrogen and oxygen atoms in total. The Labute approximate surface area is 71.4 Å². The molecule has 0 aromatic carbocycles. The van der Waals surface area contributed by atoms with Crippen LogP contribution in [0, 0.1) is 22.7 Å². The van der Waals surface area contributed by atoms with Gasteiger partial charge < -0.3 is 0 Å². The fraction of sp³-hybridized carbons (Fsp3) is 0.667. The van der Waals surface area contributed by atoms with Gasteiger partial charge in [0.15, 0.2) is 5.78 Å². The van der Waals surface area contributed by atoms with Crippen molar-refractivity contribution < 1.29 is 9.59 Å². The van der Waals surface area contributed by atoms with Crippen LogP contribution in [0.3, 0.4) is 0 Å². The third-order valence-electron chi connectivity index (χ3n) is 2.26. The quantitative estimate of drug-likeness (QED) is 0.505. The molecule has 64 valence electrons. The average molecular weight is 165 g/mol. The molecule has 0 radical (unpaired) electrons. The maximum atomic E-state index is 11.2. The van der Waals surface area contributed by atoms with Crippen molar-refractivity contribution in [2.24, 2.45) is 11.3 Å². The van der Waals surface area contributed by atoms with E-state index in [-0.39, 0.29) is 18.0 Å². The van der Waals surface area contributed by atoms with Crippen molar-refractivity contribution in [3.05, 3.63) is 0 Å². The zero-order chi connectivity index (χ0) is 9.35. The van der Waals surface area contributed by atoms with E-state index < -0.39 is 11.3 Å². The van der Waals surface area contributed by atoms with Gasteiger partial charge in [0, 0.05) is 6.42 Å². The first-order valence-corrected chi connectivity index (χ1v) is 3.91. The smallest absolute Gasteiger partial charge is 0.157 e. The van der Waals surface area contributed by atoms with Crippen molar-refractivity contribution in [3.63, 3.8) is 0 Å². The first kappa shape index (κ1) is 8.92. The van der Waals surface area contributed by atoms with Crippen LogP contribution in [0.15, 0.2) is 0 Å². The molecule has 0 aliphatic heterocycles. The van der Waals surface area contributed by atoms with Gasteiger partial charge >= 0.3 is 0 Å². The first-order valence-electron chi connectivity index (χ1n) is 3.91. The number of carbonyl (C=O) groups excluding carboxylic acids is 2. The Kier molecular flexibility index (Phi) is 2.01. The number of hydrogen-bond donors (Lipinski definition) is 0. The lowest BCUT2D eigenvalue weighted by Gasteiger charge is -2.31. The summed E-state index contributed by atoms with van der Waals surface area (Å²) in [5.41, 5.74) is -0.471. The van der Waals surface area contributed by atoms with Gasteiger partial charge in [-0.3, -0.25) is 9.59 Å². The van der Waals surface area contributed by atoms with Crippen LogP contribution < -0.4 is 0 Å². The lowest BCUT2D eigenvalue weighted by molar-refractivity contribution is -0.136. The molecule has 1 fully saturated rings. The van der Waals surface area contributed by atoms with Crippen LogP contribution in [0.4, 0.5) is 0 Å². The summed E-state index contributed by atoms with van der Waals surface area (Å²) in [5.74, 6) is -0.870. The summed E-state index contributed by atoms with van der Waals surface area (Å²) in [6.45, 7) is 3.58. The first-order chi connectivity index (χ1) is 5.47. The Morgan fingerprint density at radius 1 is 1.50 bits per heavy atom. The number of nitrogens with zero attached hydrogens (tertiary/aromatic N) is 1. The van der Waals surface area contributed by atoms with E-state index in [4.69, 9.17) is 5.26 Å². The molecular weight excluding hydrogens is 154 g/mol. The molecule has 0 N–H and O–H groups in total. The molecule has 1 aliphatic carbocycles. The van der Waals surface area contributed by atoms with Gasteiger partial charge in [-0.25, -0.2) is 0 Å². The van der Waals surface area contributed by atoms with Gasteiger partial charge in [-0.1, -0.05) is 13.8 Å². The van der Waals surface area contributed by atoms with Gasteiger partial charge in [0.1, 0.15) is 11.7 Å². The highest BCUT2D eigenvalue weighted by Crippen LogP contribution is 2.36. The molecular formula is C9H11NO2. The Balaban J connectivity index is 2.94. The molecule has 0 bridgehead atoms. The average Bonchev–Trinajstić information content (AvgIpc) is 1.82. The van der Waals surface area contributed by atoms with Crippen molar-refractivity contribution in [3.8, 4) is 6.07 Å². The minimum absolute atomic E-state index is 0.0449. The van der Waals surface area contributed by atoms with Gasteiger partial charge in [0.25, 0.3) is 0 Å². The van der Waals surface area contributed by atoms with E-state index in [1.54, 1.807) is 13.8 Å². The lowest BCUT2D eigenvalue weighted by atomic mass is 9.68. The van der Waals surface area contributed by atoms with Crippen LogP contribution in [-0.2, 0) is 9.59 Å². The van der Waals surface area contributed by atoms with E-state index in [2.05, 4.69) is 0 Å². The Morgan fingerprint density at radius 2 is 2.08 bits per heavy atom. The molecule has 0 saturated heterocycles. The van der Waals surface area contributed by atoms with E-state index in [9.17, 15) is 9.59 Å². The molecule has 1 atom stereocenters. The molecule has 1 unspecified atom stereocenters. The van der Waals surface area contributed by atoms with E-state index in [0.717, 1.165) is 0 Å². The number of hydrogen-bond acceptors (Lipinski definition) is 3. The lowest BCUT2D eigenvalue weighted by Crippen LogP contribution is -2.38. The largest absolute Gasteiger partial charge is 0.299 e. The number of carbonyl (C=O) groups is 2. The van der Waals surface area contributed by atoms with Crippen LogP contribution in [0.2, 0.25) is 0 Å². The topological polar surface area (TPSA) is 57.9 Å². The fourth-order valence-corrected chi connectivity index (χ4v) is 1.65. The van der Waals surface area contributed by atoms with Crippen molar-refractivity contribution in [1.82, 2.24) is 0 Å². The molecule has 1 aliphatic rings. The van der Waals surface area contributed by atoms with Crippen LogP contribution in [-0.4, -0.2) is 11.6 Å². The predicted molar refractivity (Wildman–Crippen MR) is 42.1 cm³/mol. The molecule has 0 heterocycles. The number of ketones is 2. The highest BCUT2D eigenvalue weighted by Gasteiger charge is 2.41. The Morgan fingerprint density at radius 3 is 2.50 bits per heavy atom. The summed E-state index contributed by atoms with van der Waals surface area (Å²) in [7, 11) is 0. The minimum atomic E-state index is -0.602. The Hall–Kier alpha value is -1.17. The van der Waals surface area contributed by atoms with Gasteiger partial charge in [-0.05, 0) is 5.41 Å². The zero-order valence-corrected chi connectivity index (χ0v) is 7.26. The summed E-state index contributed by atoms with van der Waals surface area (Å²) in [5, 5.41) is 8.70. The fourth-order valence-electron chi connectivity index (χ4n) is 1.65. The van der Waals surface area contributed by atoms with Crippen LogP contribution in [0.5, 0.6) is 0 Å². The second kappa shape index (κ2) is 2.71. The van der Waals surface area contributed by atoms with Gasteiger partial charge in [-0.2, -0.15) is 5.26 Å². The molecule has 1 rings (SSSR count). The van der Waals surface area contributed by atoms with Crippen LogP contribution in [0.25, 0.3) is 0 Å². The minimum Gasteiger partial charge on any atom is -0.299 e. The van der Waals surface area contributed by atoms with E-state index >= 15 is 0 Å². The van der Waals surface area contributed by atoms with E-state index in [0.29, 0.717) is 6.42 Å². The summed E-state index contributed by atoms with van der Waals surface area (Å²) >= 11 is 0. The van der Waals surface area contributed by atoms with Crippen LogP contribution in [0.1, 0.15) is 26.7 Å². The predicted octanol–water partition coefficient (Wildman–Crippen LogP) is 1.08. The standard InChI is InChI=1S/C9H11NO2/c1-9(2)4-6(11)3-8(12)7(9)5-10/h7H,3-4H2,1-2H3. The number of rotatable bonds is 0. The molecule has 0 aromatic heterocycles. The highest BCUT2D eigenvalue weighted by atomic mass is 16.1. The second-order valence-corrected chi connectivity index (χ2v) is 3.91. The number of nitriles is 1. The van der Waals surface area contributed by atoms with Crippen molar-refractivity contribution >= 4 is 11.6 Å². The molecule has 12 heavy (non-hydrogen) atoms. The molecule has 0 aromatic rings. The molecule has 0 amide bonds. The van der Waals surface area contributed by atoms with Gasteiger partial charge in [0.05, 0.1) is 12.5 Å².